The van der Waals surface area contributed by atoms with Crippen molar-refractivity contribution in [1.29, 1.82) is 0 Å². The Morgan fingerprint density at radius 2 is 1.67 bits per heavy atom. The largest absolute Gasteiger partial charge is 0.481 e. The SMILES string of the molecule is O=C(O)CCC(C1CCCCC1)C1CC1. The van der Waals surface area contributed by atoms with Gasteiger partial charge in [0.2, 0.25) is 0 Å². The van der Waals surface area contributed by atoms with E-state index in [4.69, 9.17) is 5.11 Å². The van der Waals surface area contributed by atoms with Gasteiger partial charge in [-0.3, -0.25) is 4.79 Å². The average molecular weight is 210 g/mol. The number of hydrogen-bond acceptors (Lipinski definition) is 1. The molecule has 2 nitrogen and oxygen atoms in total. The quantitative estimate of drug-likeness (QED) is 0.754. The van der Waals surface area contributed by atoms with E-state index in [1.807, 2.05) is 0 Å². The first-order chi connectivity index (χ1) is 7.27. The summed E-state index contributed by atoms with van der Waals surface area (Å²) < 4.78 is 0. The molecule has 0 spiro atoms. The molecule has 0 aromatic rings. The highest BCUT2D eigenvalue weighted by molar-refractivity contribution is 5.66. The van der Waals surface area contributed by atoms with Crippen LogP contribution in [0.2, 0.25) is 0 Å². The number of rotatable bonds is 5. The van der Waals surface area contributed by atoms with Crippen LogP contribution in [-0.4, -0.2) is 11.1 Å². The van der Waals surface area contributed by atoms with Crippen molar-refractivity contribution in [2.45, 2.75) is 57.8 Å². The first-order valence-electron chi connectivity index (χ1n) is 6.49. The summed E-state index contributed by atoms with van der Waals surface area (Å²) >= 11 is 0. The maximum absolute atomic E-state index is 10.6. The van der Waals surface area contributed by atoms with Gasteiger partial charge in [-0.2, -0.15) is 0 Å². The fraction of sp³-hybridized carbons (Fsp3) is 0.923. The Bertz CT molecular complexity index is 215. The maximum atomic E-state index is 10.6. The van der Waals surface area contributed by atoms with Gasteiger partial charge in [0.05, 0.1) is 0 Å². The van der Waals surface area contributed by atoms with Gasteiger partial charge in [-0.05, 0) is 37.0 Å². The summed E-state index contributed by atoms with van der Waals surface area (Å²) in [6.45, 7) is 0. The maximum Gasteiger partial charge on any atom is 0.303 e. The first-order valence-corrected chi connectivity index (χ1v) is 6.49. The number of aliphatic carboxylic acids is 1. The first kappa shape index (κ1) is 11.0. The Hall–Kier alpha value is -0.530. The van der Waals surface area contributed by atoms with Gasteiger partial charge in [-0.25, -0.2) is 0 Å². The third-order valence-electron chi connectivity index (χ3n) is 4.17. The van der Waals surface area contributed by atoms with Crippen molar-refractivity contribution in [3.63, 3.8) is 0 Å². The van der Waals surface area contributed by atoms with E-state index < -0.39 is 5.97 Å². The molecule has 0 aromatic heterocycles. The third-order valence-corrected chi connectivity index (χ3v) is 4.17. The summed E-state index contributed by atoms with van der Waals surface area (Å²) in [5.74, 6) is 1.86. The fourth-order valence-corrected chi connectivity index (χ4v) is 3.23. The summed E-state index contributed by atoms with van der Waals surface area (Å²) in [4.78, 5) is 10.6. The van der Waals surface area contributed by atoms with Crippen LogP contribution in [-0.2, 0) is 4.79 Å². The second-order valence-electron chi connectivity index (χ2n) is 5.33. The van der Waals surface area contributed by atoms with Crippen molar-refractivity contribution in [2.75, 3.05) is 0 Å². The van der Waals surface area contributed by atoms with Crippen molar-refractivity contribution >= 4 is 5.97 Å². The smallest absolute Gasteiger partial charge is 0.303 e. The zero-order valence-corrected chi connectivity index (χ0v) is 9.45. The summed E-state index contributed by atoms with van der Waals surface area (Å²) in [5.41, 5.74) is 0. The second kappa shape index (κ2) is 5.00. The number of hydrogen-bond donors (Lipinski definition) is 1. The van der Waals surface area contributed by atoms with Crippen LogP contribution in [0.1, 0.15) is 57.8 Å². The average Bonchev–Trinajstić information content (AvgIpc) is 3.03. The van der Waals surface area contributed by atoms with Crippen LogP contribution in [0.25, 0.3) is 0 Å². The van der Waals surface area contributed by atoms with Crippen molar-refractivity contribution in [3.05, 3.63) is 0 Å². The molecule has 0 heterocycles. The van der Waals surface area contributed by atoms with Crippen molar-refractivity contribution in [2.24, 2.45) is 17.8 Å². The van der Waals surface area contributed by atoms with Crippen LogP contribution in [0.15, 0.2) is 0 Å². The Labute approximate surface area is 92.1 Å². The lowest BCUT2D eigenvalue weighted by Crippen LogP contribution is -2.20. The fourth-order valence-electron chi connectivity index (χ4n) is 3.23. The molecule has 86 valence electrons. The molecule has 0 aromatic carbocycles. The summed E-state index contributed by atoms with van der Waals surface area (Å²) in [6, 6.07) is 0. The minimum absolute atomic E-state index is 0.387. The van der Waals surface area contributed by atoms with E-state index in [-0.39, 0.29) is 0 Å². The predicted octanol–water partition coefficient (Wildman–Crippen LogP) is 3.46. The van der Waals surface area contributed by atoms with Crippen molar-refractivity contribution in [1.82, 2.24) is 0 Å². The van der Waals surface area contributed by atoms with E-state index in [9.17, 15) is 4.79 Å². The molecule has 0 amide bonds. The second-order valence-corrected chi connectivity index (χ2v) is 5.33. The van der Waals surface area contributed by atoms with Crippen LogP contribution in [0, 0.1) is 17.8 Å². The van der Waals surface area contributed by atoms with Gasteiger partial charge in [0, 0.05) is 6.42 Å². The molecule has 0 saturated heterocycles. The van der Waals surface area contributed by atoms with Crippen molar-refractivity contribution < 1.29 is 9.90 Å². The van der Waals surface area contributed by atoms with Crippen LogP contribution in [0.3, 0.4) is 0 Å². The molecule has 2 heteroatoms. The molecule has 2 rings (SSSR count). The lowest BCUT2D eigenvalue weighted by molar-refractivity contribution is -0.137. The number of carboxylic acid groups (broad SMARTS) is 1. The van der Waals surface area contributed by atoms with Gasteiger partial charge >= 0.3 is 5.97 Å². The van der Waals surface area contributed by atoms with Gasteiger partial charge < -0.3 is 5.11 Å². The van der Waals surface area contributed by atoms with Gasteiger partial charge in [0.25, 0.3) is 0 Å². The van der Waals surface area contributed by atoms with Gasteiger partial charge in [-0.1, -0.05) is 32.1 Å². The standard InChI is InChI=1S/C13H22O2/c14-13(15)9-8-12(11-6-7-11)10-4-2-1-3-5-10/h10-12H,1-9H2,(H,14,15). The minimum Gasteiger partial charge on any atom is -0.481 e. The van der Waals surface area contributed by atoms with Crippen LogP contribution < -0.4 is 0 Å². The van der Waals surface area contributed by atoms with Crippen LogP contribution in [0.4, 0.5) is 0 Å². The molecule has 1 atom stereocenters. The molecule has 2 aliphatic rings. The summed E-state index contributed by atoms with van der Waals surface area (Å²) in [6.07, 6.45) is 10.9. The van der Waals surface area contributed by atoms with E-state index >= 15 is 0 Å². The number of carbonyl (C=O) groups is 1. The van der Waals surface area contributed by atoms with Gasteiger partial charge in [-0.15, -0.1) is 0 Å². The molecule has 0 aliphatic heterocycles. The lowest BCUT2D eigenvalue weighted by atomic mass is 9.76. The van der Waals surface area contributed by atoms with E-state index in [0.717, 1.165) is 24.2 Å². The van der Waals surface area contributed by atoms with E-state index in [2.05, 4.69) is 0 Å². The van der Waals surface area contributed by atoms with Gasteiger partial charge in [0.15, 0.2) is 0 Å². The third kappa shape index (κ3) is 3.22. The minimum atomic E-state index is -0.614. The van der Waals surface area contributed by atoms with E-state index in [1.165, 1.54) is 44.9 Å². The van der Waals surface area contributed by atoms with Crippen LogP contribution >= 0.6 is 0 Å². The molecule has 2 saturated carbocycles. The highest BCUT2D eigenvalue weighted by Crippen LogP contribution is 2.46. The summed E-state index contributed by atoms with van der Waals surface area (Å²) in [5, 5.41) is 8.76. The Morgan fingerprint density at radius 3 is 2.20 bits per heavy atom. The molecular formula is C13H22O2. The Kier molecular flexibility index (Phi) is 3.66. The summed E-state index contributed by atoms with van der Waals surface area (Å²) in [7, 11) is 0. The Balaban J connectivity index is 1.83. The topological polar surface area (TPSA) is 37.3 Å². The van der Waals surface area contributed by atoms with E-state index in [1.54, 1.807) is 0 Å². The highest BCUT2D eigenvalue weighted by atomic mass is 16.4. The van der Waals surface area contributed by atoms with Crippen molar-refractivity contribution in [3.8, 4) is 0 Å². The van der Waals surface area contributed by atoms with Crippen LogP contribution in [0.5, 0.6) is 0 Å². The molecule has 0 radical (unpaired) electrons. The molecular weight excluding hydrogens is 188 g/mol. The monoisotopic (exact) mass is 210 g/mol. The molecule has 2 aliphatic carbocycles. The number of carboxylic acids is 1. The molecule has 0 bridgehead atoms. The molecule has 1 N–H and O–H groups in total. The zero-order chi connectivity index (χ0) is 10.7. The highest BCUT2D eigenvalue weighted by Gasteiger charge is 2.36. The zero-order valence-electron chi connectivity index (χ0n) is 9.45. The lowest BCUT2D eigenvalue weighted by Gasteiger charge is -2.30. The molecule has 15 heavy (non-hydrogen) atoms. The molecule has 1 unspecified atom stereocenters. The van der Waals surface area contributed by atoms with Gasteiger partial charge in [0.1, 0.15) is 0 Å². The van der Waals surface area contributed by atoms with E-state index in [0.29, 0.717) is 6.42 Å². The predicted molar refractivity (Wildman–Crippen MR) is 59.7 cm³/mol. The normalized spacial score (nSPS) is 25.1. The Morgan fingerprint density at radius 1 is 1.07 bits per heavy atom. The molecule has 2 fully saturated rings.